The van der Waals surface area contributed by atoms with Crippen molar-refractivity contribution in [3.8, 4) is 0 Å². The van der Waals surface area contributed by atoms with Gasteiger partial charge in [-0.25, -0.2) is 4.98 Å². The summed E-state index contributed by atoms with van der Waals surface area (Å²) in [6, 6.07) is 0. The minimum Gasteiger partial charge on any atom is -0.863 e. The predicted octanol–water partition coefficient (Wildman–Crippen LogP) is -3.23. The summed E-state index contributed by atoms with van der Waals surface area (Å²) >= 11 is 4.40. The monoisotopic (exact) mass is 178 g/mol. The van der Waals surface area contributed by atoms with Gasteiger partial charge in [0.15, 0.2) is 0 Å². The molecule has 0 bridgehead atoms. The first-order valence-corrected chi connectivity index (χ1v) is 3.23. The van der Waals surface area contributed by atoms with Crippen LogP contribution in [0.2, 0.25) is 0 Å². The van der Waals surface area contributed by atoms with Gasteiger partial charge in [0.1, 0.15) is 5.82 Å². The fraction of sp³-hybridized carbons (Fsp3) is 0.333. The van der Waals surface area contributed by atoms with Gasteiger partial charge in [-0.3, -0.25) is 0 Å². The Balaban J connectivity index is 0.000001000. The first-order valence-electron chi connectivity index (χ1n) is 2.82. The average molecular weight is 178 g/mol. The number of aryl methyl sites for hydroxylation is 2. The van der Waals surface area contributed by atoms with Crippen LogP contribution in [0, 0.1) is 6.92 Å². The number of nitrogens with zero attached hydrogens (tertiary/aromatic N) is 2. The summed E-state index contributed by atoms with van der Waals surface area (Å²) < 4.78 is 1.76. The summed E-state index contributed by atoms with van der Waals surface area (Å²) in [5.41, 5.74) is 0.356. The molecule has 0 spiro atoms. The van der Waals surface area contributed by atoms with E-state index in [0.29, 0.717) is 5.69 Å². The number of imidazole rings is 1. The average Bonchev–Trinajstić information content (AvgIpc) is 2.13. The third-order valence-corrected chi connectivity index (χ3v) is 1.53. The molecule has 54 valence electrons. The van der Waals surface area contributed by atoms with Gasteiger partial charge < -0.3 is 9.67 Å². The van der Waals surface area contributed by atoms with Crippen LogP contribution in [-0.2, 0) is 7.05 Å². The van der Waals surface area contributed by atoms with Crippen molar-refractivity contribution in [1.82, 2.24) is 9.55 Å². The normalized spacial score (nSPS) is 8.91. The van der Waals surface area contributed by atoms with E-state index >= 15 is 0 Å². The van der Waals surface area contributed by atoms with Crippen molar-refractivity contribution in [2.45, 2.75) is 6.92 Å². The molecule has 0 unspecified atom stereocenters. The van der Waals surface area contributed by atoms with E-state index in [1.807, 2.05) is 14.0 Å². The summed E-state index contributed by atoms with van der Waals surface area (Å²) in [6.45, 7) is 1.82. The third kappa shape index (κ3) is 2.56. The molecule has 0 atom stereocenters. The van der Waals surface area contributed by atoms with E-state index in [-0.39, 0.29) is 29.6 Å². The Kier molecular flexibility index (Phi) is 4.25. The molecule has 0 aliphatic carbocycles. The van der Waals surface area contributed by atoms with Gasteiger partial charge >= 0.3 is 29.6 Å². The van der Waals surface area contributed by atoms with Crippen LogP contribution in [0.5, 0.6) is 0 Å². The van der Waals surface area contributed by atoms with E-state index in [0.717, 1.165) is 5.82 Å². The van der Waals surface area contributed by atoms with Gasteiger partial charge in [-0.1, -0.05) is 12.2 Å². The van der Waals surface area contributed by atoms with Crippen molar-refractivity contribution < 1.29 is 34.7 Å². The molecule has 0 radical (unpaired) electrons. The molecular weight excluding hydrogens is 171 g/mol. The standard InChI is InChI=1S/C6H8N2OS.Na/c1-4-7-5(6(9)10)3-8(4)2;/h3H,1-2H3,(H,9,10);/q;+1/p-1. The zero-order valence-electron chi connectivity index (χ0n) is 6.79. The summed E-state index contributed by atoms with van der Waals surface area (Å²) in [6.07, 6.45) is 1.63. The van der Waals surface area contributed by atoms with Crippen LogP contribution in [-0.4, -0.2) is 14.6 Å². The Morgan fingerprint density at radius 1 is 1.73 bits per heavy atom. The molecule has 0 aliphatic rings. The SMILES string of the molecule is Cc1nc(C([O-])=S)cn1C.[Na+]. The Hall–Kier alpha value is 0.1000. The van der Waals surface area contributed by atoms with Crippen molar-refractivity contribution in [1.29, 1.82) is 0 Å². The summed E-state index contributed by atoms with van der Waals surface area (Å²) in [5.74, 6) is 0.799. The molecule has 0 saturated heterocycles. The van der Waals surface area contributed by atoms with Crippen molar-refractivity contribution in [3.05, 3.63) is 17.7 Å². The first-order chi connectivity index (χ1) is 4.61. The van der Waals surface area contributed by atoms with E-state index in [1.165, 1.54) is 0 Å². The van der Waals surface area contributed by atoms with Crippen LogP contribution < -0.4 is 34.7 Å². The molecule has 5 heteroatoms. The number of rotatable bonds is 1. The van der Waals surface area contributed by atoms with Crippen LogP contribution in [0.3, 0.4) is 0 Å². The number of thiocarbonyl (C=S) groups is 1. The van der Waals surface area contributed by atoms with E-state index in [1.54, 1.807) is 10.8 Å². The topological polar surface area (TPSA) is 40.9 Å². The molecule has 0 amide bonds. The van der Waals surface area contributed by atoms with Crippen LogP contribution in [0.4, 0.5) is 0 Å². The van der Waals surface area contributed by atoms with Crippen molar-refractivity contribution >= 4 is 17.3 Å². The Bertz CT molecular complexity index is 252. The third-order valence-electron chi connectivity index (χ3n) is 1.32. The quantitative estimate of drug-likeness (QED) is 0.335. The second-order valence-electron chi connectivity index (χ2n) is 2.07. The van der Waals surface area contributed by atoms with Crippen LogP contribution >= 0.6 is 12.2 Å². The molecule has 3 nitrogen and oxygen atoms in total. The Labute approximate surface area is 92.7 Å². The van der Waals surface area contributed by atoms with Crippen molar-refractivity contribution in [2.75, 3.05) is 0 Å². The van der Waals surface area contributed by atoms with E-state index in [4.69, 9.17) is 0 Å². The molecular formula is C6H7N2NaOS. The smallest absolute Gasteiger partial charge is 0.863 e. The van der Waals surface area contributed by atoms with Gasteiger partial charge in [0, 0.05) is 13.2 Å². The van der Waals surface area contributed by atoms with Gasteiger partial charge in [-0.2, -0.15) is 0 Å². The summed E-state index contributed by atoms with van der Waals surface area (Å²) in [4.78, 5) is 3.92. The maximum absolute atomic E-state index is 10.5. The minimum absolute atomic E-state index is 0. The van der Waals surface area contributed by atoms with Crippen molar-refractivity contribution in [2.24, 2.45) is 7.05 Å². The molecule has 0 aromatic carbocycles. The molecule has 1 heterocycles. The molecule has 1 aromatic rings. The predicted molar refractivity (Wildman–Crippen MR) is 39.6 cm³/mol. The van der Waals surface area contributed by atoms with Gasteiger partial charge in [0.25, 0.3) is 0 Å². The molecule has 0 saturated carbocycles. The number of hydrogen-bond acceptors (Lipinski definition) is 3. The van der Waals surface area contributed by atoms with E-state index in [2.05, 4.69) is 17.2 Å². The number of aromatic nitrogens is 2. The fourth-order valence-corrected chi connectivity index (χ4v) is 0.756. The van der Waals surface area contributed by atoms with Crippen LogP contribution in [0.25, 0.3) is 0 Å². The molecule has 0 N–H and O–H groups in total. The zero-order chi connectivity index (χ0) is 7.72. The van der Waals surface area contributed by atoms with Gasteiger partial charge in [-0.05, 0) is 12.0 Å². The maximum Gasteiger partial charge on any atom is 1.00 e. The van der Waals surface area contributed by atoms with Gasteiger partial charge in [0.2, 0.25) is 0 Å². The van der Waals surface area contributed by atoms with Crippen LogP contribution in [0.1, 0.15) is 11.5 Å². The largest absolute Gasteiger partial charge is 1.00 e. The Morgan fingerprint density at radius 3 is 2.45 bits per heavy atom. The second-order valence-corrected chi connectivity index (χ2v) is 2.44. The molecule has 11 heavy (non-hydrogen) atoms. The fourth-order valence-electron chi connectivity index (χ4n) is 0.657. The Morgan fingerprint density at radius 2 is 2.27 bits per heavy atom. The molecule has 0 fully saturated rings. The first kappa shape index (κ1) is 11.1. The van der Waals surface area contributed by atoms with E-state index in [9.17, 15) is 5.11 Å². The second kappa shape index (κ2) is 4.21. The van der Waals surface area contributed by atoms with Gasteiger partial charge in [-0.15, -0.1) is 0 Å². The van der Waals surface area contributed by atoms with Crippen molar-refractivity contribution in [3.63, 3.8) is 0 Å². The van der Waals surface area contributed by atoms with E-state index < -0.39 is 5.05 Å². The molecule has 1 aromatic heterocycles. The van der Waals surface area contributed by atoms with Gasteiger partial charge in [0.05, 0.1) is 5.69 Å². The maximum atomic E-state index is 10.5. The summed E-state index contributed by atoms with van der Waals surface area (Å²) in [5, 5.41) is 10.2. The number of hydrogen-bond donors (Lipinski definition) is 0. The van der Waals surface area contributed by atoms with Crippen LogP contribution in [0.15, 0.2) is 6.20 Å². The summed E-state index contributed by atoms with van der Waals surface area (Å²) in [7, 11) is 1.82. The zero-order valence-corrected chi connectivity index (χ0v) is 9.60. The molecule has 1 rings (SSSR count). The minimum atomic E-state index is -0.399. The molecule has 0 aliphatic heterocycles.